The number of pyridine rings is 2. The van der Waals surface area contributed by atoms with E-state index in [2.05, 4.69) is 87.8 Å². The minimum absolute atomic E-state index is 1.08. The van der Waals surface area contributed by atoms with Gasteiger partial charge >= 0.3 is 0 Å². The predicted molar refractivity (Wildman–Crippen MR) is 147 cm³/mol. The third kappa shape index (κ3) is 4.99. The molecule has 168 valence electrons. The summed E-state index contributed by atoms with van der Waals surface area (Å²) in [5.74, 6) is 0. The molecule has 3 rings (SSSR count). The van der Waals surface area contributed by atoms with E-state index in [1.54, 1.807) is 0 Å². The van der Waals surface area contributed by atoms with Gasteiger partial charge in [-0.1, -0.05) is 99.8 Å². The Hall–Kier alpha value is -1.05. The van der Waals surface area contributed by atoms with Crippen molar-refractivity contribution in [3.05, 3.63) is 46.2 Å². The Kier molecular flexibility index (Phi) is 8.14. The minimum atomic E-state index is -1.27. The van der Waals surface area contributed by atoms with E-state index in [-0.39, 0.29) is 0 Å². The fourth-order valence-electron chi connectivity index (χ4n) is 5.12. The first-order valence-corrected chi connectivity index (χ1v) is 18.7. The predicted octanol–water partition coefficient (Wildman–Crippen LogP) is 8.73. The highest BCUT2D eigenvalue weighted by Crippen LogP contribution is 2.33. The Bertz CT molecular complexity index is 1030. The third-order valence-electron chi connectivity index (χ3n) is 8.31. The first-order valence-electron chi connectivity index (χ1n) is 12.3. The standard InChI is InChI=1S/C26H39BrN2Si2/c1-7-30(8-2,9-3)18-21-14-13-20-17-24(27)23-16-15-22(29-26(23)25(20)28-21)19-31(10-4,11-5)12-6/h13-17H,7-12,18-19H2,1-6H3. The van der Waals surface area contributed by atoms with E-state index < -0.39 is 16.1 Å². The van der Waals surface area contributed by atoms with Crippen LogP contribution in [0.2, 0.25) is 36.3 Å². The zero-order valence-electron chi connectivity index (χ0n) is 20.3. The number of rotatable bonds is 10. The first-order chi connectivity index (χ1) is 14.9. The van der Waals surface area contributed by atoms with Crippen molar-refractivity contribution in [2.24, 2.45) is 0 Å². The molecular formula is C26H39BrN2Si2. The van der Waals surface area contributed by atoms with Crippen LogP contribution >= 0.6 is 15.9 Å². The second-order valence-corrected chi connectivity index (χ2v) is 21.2. The maximum absolute atomic E-state index is 5.24. The molecule has 0 unspecified atom stereocenters. The largest absolute Gasteiger partial charge is 0.251 e. The third-order valence-corrected chi connectivity index (χ3v) is 20.2. The molecule has 0 amide bonds. The molecule has 0 fully saturated rings. The van der Waals surface area contributed by atoms with Gasteiger partial charge in [0.05, 0.1) is 27.2 Å². The fraction of sp³-hybridized carbons (Fsp3) is 0.538. The van der Waals surface area contributed by atoms with Crippen molar-refractivity contribution in [3.63, 3.8) is 0 Å². The molecule has 2 heterocycles. The SMILES string of the molecule is CC[Si](CC)(CC)Cc1ccc2cc(Br)c3ccc(C[Si](CC)(CC)CC)nc3c2n1. The van der Waals surface area contributed by atoms with Crippen molar-refractivity contribution in [1.29, 1.82) is 0 Å². The molecule has 0 saturated carbocycles. The van der Waals surface area contributed by atoms with E-state index >= 15 is 0 Å². The van der Waals surface area contributed by atoms with Crippen molar-refractivity contribution in [1.82, 2.24) is 9.97 Å². The monoisotopic (exact) mass is 514 g/mol. The van der Waals surface area contributed by atoms with Gasteiger partial charge in [0.2, 0.25) is 0 Å². The van der Waals surface area contributed by atoms with Gasteiger partial charge < -0.3 is 0 Å². The molecule has 0 atom stereocenters. The van der Waals surface area contributed by atoms with Gasteiger partial charge in [-0.25, -0.2) is 0 Å². The smallest absolute Gasteiger partial charge is 0.0979 e. The summed E-state index contributed by atoms with van der Waals surface area (Å²) in [6.45, 7) is 14.3. The molecule has 0 spiro atoms. The summed E-state index contributed by atoms with van der Waals surface area (Å²) in [7, 11) is -2.54. The van der Waals surface area contributed by atoms with Crippen LogP contribution in [0, 0.1) is 0 Å². The summed E-state index contributed by atoms with van der Waals surface area (Å²) in [5.41, 5.74) is 4.68. The van der Waals surface area contributed by atoms with E-state index in [0.29, 0.717) is 0 Å². The Labute approximate surface area is 199 Å². The summed E-state index contributed by atoms with van der Waals surface area (Å²) in [5, 5.41) is 2.37. The lowest BCUT2D eigenvalue weighted by Gasteiger charge is -2.28. The Morgan fingerprint density at radius 3 is 1.58 bits per heavy atom. The van der Waals surface area contributed by atoms with Crippen molar-refractivity contribution >= 4 is 53.9 Å². The molecule has 0 aliphatic carbocycles. The highest BCUT2D eigenvalue weighted by atomic mass is 79.9. The average Bonchev–Trinajstić information content (AvgIpc) is 2.81. The first kappa shape index (κ1) is 24.6. The minimum Gasteiger partial charge on any atom is -0.251 e. The Morgan fingerprint density at radius 2 is 1.10 bits per heavy atom. The molecule has 2 nitrogen and oxygen atoms in total. The van der Waals surface area contributed by atoms with Gasteiger partial charge in [-0.15, -0.1) is 0 Å². The second kappa shape index (κ2) is 10.3. The second-order valence-electron chi connectivity index (χ2n) is 9.41. The molecule has 3 aromatic rings. The van der Waals surface area contributed by atoms with Crippen molar-refractivity contribution in [2.45, 2.75) is 89.9 Å². The van der Waals surface area contributed by atoms with E-state index in [1.165, 1.54) is 70.5 Å². The molecule has 31 heavy (non-hydrogen) atoms. The van der Waals surface area contributed by atoms with Gasteiger partial charge in [0.1, 0.15) is 0 Å². The van der Waals surface area contributed by atoms with Crippen molar-refractivity contribution in [3.8, 4) is 0 Å². The summed E-state index contributed by atoms with van der Waals surface area (Å²) < 4.78 is 1.12. The molecule has 0 radical (unpaired) electrons. The van der Waals surface area contributed by atoms with Gasteiger partial charge in [0.15, 0.2) is 0 Å². The van der Waals surface area contributed by atoms with E-state index in [1.807, 2.05) is 0 Å². The molecule has 0 saturated heterocycles. The number of hydrogen-bond acceptors (Lipinski definition) is 2. The van der Waals surface area contributed by atoms with Crippen LogP contribution in [0.4, 0.5) is 0 Å². The Balaban J connectivity index is 2.13. The molecule has 0 N–H and O–H groups in total. The molecular weight excluding hydrogens is 476 g/mol. The van der Waals surface area contributed by atoms with E-state index in [9.17, 15) is 0 Å². The van der Waals surface area contributed by atoms with E-state index in [0.717, 1.165) is 15.5 Å². The molecule has 0 aliphatic rings. The number of fused-ring (bicyclic) bond motifs is 3. The van der Waals surface area contributed by atoms with Crippen LogP contribution in [0.1, 0.15) is 52.9 Å². The van der Waals surface area contributed by atoms with Crippen LogP contribution in [-0.4, -0.2) is 26.1 Å². The van der Waals surface area contributed by atoms with Crippen LogP contribution in [0.15, 0.2) is 34.8 Å². The average molecular weight is 516 g/mol. The maximum atomic E-state index is 5.24. The zero-order chi connectivity index (χ0) is 22.6. The number of aromatic nitrogens is 2. The summed E-state index contributed by atoms with van der Waals surface area (Å²) in [4.78, 5) is 10.5. The molecule has 0 bridgehead atoms. The lowest BCUT2D eigenvalue weighted by molar-refractivity contribution is 1.06. The van der Waals surface area contributed by atoms with Gasteiger partial charge in [0, 0.05) is 26.6 Å². The molecule has 5 heteroatoms. The molecule has 2 aromatic heterocycles. The highest BCUT2D eigenvalue weighted by molar-refractivity contribution is 9.10. The van der Waals surface area contributed by atoms with Gasteiger partial charge in [-0.3, -0.25) is 9.97 Å². The summed E-state index contributed by atoms with van der Waals surface area (Å²) >= 11 is 3.79. The zero-order valence-corrected chi connectivity index (χ0v) is 23.9. The topological polar surface area (TPSA) is 25.8 Å². The van der Waals surface area contributed by atoms with E-state index in [4.69, 9.17) is 9.97 Å². The normalized spacial score (nSPS) is 12.7. The fourth-order valence-corrected chi connectivity index (χ4v) is 12.1. The van der Waals surface area contributed by atoms with Gasteiger partial charge in [-0.2, -0.15) is 0 Å². The lowest BCUT2D eigenvalue weighted by atomic mass is 10.1. The van der Waals surface area contributed by atoms with Crippen LogP contribution < -0.4 is 0 Å². The van der Waals surface area contributed by atoms with Crippen LogP contribution in [0.25, 0.3) is 21.8 Å². The van der Waals surface area contributed by atoms with Crippen LogP contribution in [0.5, 0.6) is 0 Å². The Morgan fingerprint density at radius 1 is 0.645 bits per heavy atom. The van der Waals surface area contributed by atoms with Gasteiger partial charge in [0.25, 0.3) is 0 Å². The number of benzene rings is 1. The lowest BCUT2D eigenvalue weighted by Crippen LogP contribution is -2.35. The highest BCUT2D eigenvalue weighted by Gasteiger charge is 2.29. The number of halogens is 1. The van der Waals surface area contributed by atoms with Crippen molar-refractivity contribution in [2.75, 3.05) is 0 Å². The molecule has 0 aliphatic heterocycles. The summed E-state index contributed by atoms with van der Waals surface area (Å²) in [6.07, 6.45) is 0. The van der Waals surface area contributed by atoms with Crippen LogP contribution in [0.3, 0.4) is 0 Å². The van der Waals surface area contributed by atoms with Crippen LogP contribution in [-0.2, 0) is 12.1 Å². The summed E-state index contributed by atoms with van der Waals surface area (Å²) in [6, 6.07) is 21.6. The number of hydrogen-bond donors (Lipinski definition) is 0. The number of nitrogens with zero attached hydrogens (tertiary/aromatic N) is 2. The van der Waals surface area contributed by atoms with Gasteiger partial charge in [-0.05, 0) is 36.4 Å². The molecule has 1 aromatic carbocycles. The maximum Gasteiger partial charge on any atom is 0.0979 e. The quantitative estimate of drug-likeness (QED) is 0.199. The van der Waals surface area contributed by atoms with Crippen molar-refractivity contribution < 1.29 is 0 Å².